The summed E-state index contributed by atoms with van der Waals surface area (Å²) in [5, 5.41) is 3.81. The fourth-order valence-corrected chi connectivity index (χ4v) is 4.21. The molecule has 1 aliphatic rings. The van der Waals surface area contributed by atoms with Crippen LogP contribution >= 0.6 is 23.2 Å². The second-order valence-electron chi connectivity index (χ2n) is 7.94. The number of amides is 2. The summed E-state index contributed by atoms with van der Waals surface area (Å²) in [6, 6.07) is 14.4. The van der Waals surface area contributed by atoms with E-state index in [9.17, 15) is 9.59 Å². The molecule has 1 atom stereocenters. The highest BCUT2D eigenvalue weighted by atomic mass is 35.5. The van der Waals surface area contributed by atoms with Crippen LogP contribution in [0.1, 0.15) is 54.8 Å². The van der Waals surface area contributed by atoms with Crippen LogP contribution in [-0.2, 0) is 16.1 Å². The third-order valence-electron chi connectivity index (χ3n) is 5.61. The van der Waals surface area contributed by atoms with E-state index < -0.39 is 6.04 Å². The first-order valence-corrected chi connectivity index (χ1v) is 11.4. The molecule has 0 aliphatic heterocycles. The Balaban J connectivity index is 1.92. The van der Waals surface area contributed by atoms with Gasteiger partial charge in [0, 0.05) is 17.6 Å². The maximum Gasteiger partial charge on any atom is 0.247 e. The molecule has 2 aromatic rings. The molecule has 6 heteroatoms. The highest BCUT2D eigenvalue weighted by Gasteiger charge is 2.32. The highest BCUT2D eigenvalue weighted by Crippen LogP contribution is 2.27. The molecular weight excluding hydrogens is 419 g/mol. The van der Waals surface area contributed by atoms with Crippen LogP contribution in [0.15, 0.2) is 48.5 Å². The Kier molecular flexibility index (Phi) is 8.17. The van der Waals surface area contributed by atoms with Gasteiger partial charge < -0.3 is 10.2 Å². The predicted octanol–water partition coefficient (Wildman–Crippen LogP) is 5.41. The van der Waals surface area contributed by atoms with E-state index in [4.69, 9.17) is 23.2 Å². The van der Waals surface area contributed by atoms with Crippen molar-refractivity contribution in [3.8, 4) is 0 Å². The minimum absolute atomic E-state index is 0.154. The molecular formula is C24H28Cl2N2O2. The van der Waals surface area contributed by atoms with Gasteiger partial charge in [0.05, 0.1) is 0 Å². The van der Waals surface area contributed by atoms with E-state index in [-0.39, 0.29) is 30.3 Å². The Bertz CT molecular complexity index is 847. The normalized spacial score (nSPS) is 15.4. The summed E-state index contributed by atoms with van der Waals surface area (Å²) in [5.41, 5.74) is 2.76. The number of hydrogen-bond donors (Lipinski definition) is 1. The van der Waals surface area contributed by atoms with E-state index in [1.165, 1.54) is 6.42 Å². The number of nitrogens with one attached hydrogen (secondary N) is 1. The topological polar surface area (TPSA) is 49.4 Å². The third-order valence-corrected chi connectivity index (χ3v) is 6.09. The van der Waals surface area contributed by atoms with Crippen LogP contribution in [0.5, 0.6) is 0 Å². The van der Waals surface area contributed by atoms with E-state index in [0.717, 1.165) is 42.4 Å². The maximum atomic E-state index is 13.4. The quantitative estimate of drug-likeness (QED) is 0.578. The average Bonchev–Trinajstić information content (AvgIpc) is 2.76. The first-order valence-electron chi connectivity index (χ1n) is 10.4. The predicted molar refractivity (Wildman–Crippen MR) is 122 cm³/mol. The van der Waals surface area contributed by atoms with Gasteiger partial charge in [0.1, 0.15) is 11.9 Å². The summed E-state index contributed by atoms with van der Waals surface area (Å²) in [5.74, 6) is -0.624. The molecule has 0 heterocycles. The van der Waals surface area contributed by atoms with Crippen molar-refractivity contribution in [2.75, 3.05) is 5.88 Å². The van der Waals surface area contributed by atoms with Gasteiger partial charge in [-0.2, -0.15) is 0 Å². The van der Waals surface area contributed by atoms with Crippen molar-refractivity contribution in [3.05, 3.63) is 70.2 Å². The fourth-order valence-electron chi connectivity index (χ4n) is 3.94. The first kappa shape index (κ1) is 22.6. The van der Waals surface area contributed by atoms with Gasteiger partial charge in [0.2, 0.25) is 11.8 Å². The van der Waals surface area contributed by atoms with Gasteiger partial charge in [0.15, 0.2) is 0 Å². The molecule has 0 spiro atoms. The number of carbonyl (C=O) groups is 2. The van der Waals surface area contributed by atoms with E-state index in [1.807, 2.05) is 43.3 Å². The Labute approximate surface area is 188 Å². The molecule has 160 valence electrons. The van der Waals surface area contributed by atoms with Crippen molar-refractivity contribution in [1.29, 1.82) is 0 Å². The molecule has 1 N–H and O–H groups in total. The molecule has 30 heavy (non-hydrogen) atoms. The zero-order valence-corrected chi connectivity index (χ0v) is 18.8. The van der Waals surface area contributed by atoms with Gasteiger partial charge in [-0.3, -0.25) is 9.59 Å². The Morgan fingerprint density at radius 2 is 1.67 bits per heavy atom. The van der Waals surface area contributed by atoms with Crippen molar-refractivity contribution in [1.82, 2.24) is 10.2 Å². The summed E-state index contributed by atoms with van der Waals surface area (Å²) in [6.07, 6.45) is 5.41. The van der Waals surface area contributed by atoms with Crippen molar-refractivity contribution in [2.24, 2.45) is 0 Å². The Hall–Kier alpha value is -2.04. The number of halogens is 2. The number of carbonyl (C=O) groups excluding carboxylic acids is 2. The van der Waals surface area contributed by atoms with E-state index in [1.54, 1.807) is 17.0 Å². The largest absolute Gasteiger partial charge is 0.351 e. The van der Waals surface area contributed by atoms with Crippen LogP contribution in [0, 0.1) is 6.92 Å². The SMILES string of the molecule is Cc1ccc([C@@H](C(=O)NC2CCCCC2)N(Cc2ccc(Cl)cc2)C(=O)CCl)cc1. The van der Waals surface area contributed by atoms with Crippen molar-refractivity contribution in [3.63, 3.8) is 0 Å². The van der Waals surface area contributed by atoms with Gasteiger partial charge in [-0.1, -0.05) is 72.8 Å². The number of rotatable bonds is 7. The van der Waals surface area contributed by atoms with Crippen LogP contribution in [0.25, 0.3) is 0 Å². The standard InChI is InChI=1S/C24H28Cl2N2O2/c1-17-7-11-19(12-8-17)23(24(30)27-21-5-3-2-4-6-21)28(22(29)15-25)16-18-9-13-20(26)14-10-18/h7-14,21,23H,2-6,15-16H2,1H3,(H,27,30)/t23-/m0/s1. The molecule has 0 unspecified atom stereocenters. The van der Waals surface area contributed by atoms with Crippen molar-refractivity contribution >= 4 is 35.0 Å². The Morgan fingerprint density at radius 1 is 1.03 bits per heavy atom. The van der Waals surface area contributed by atoms with Crippen LogP contribution < -0.4 is 5.32 Å². The lowest BCUT2D eigenvalue weighted by atomic mass is 9.94. The monoisotopic (exact) mass is 446 g/mol. The first-order chi connectivity index (χ1) is 14.5. The van der Waals surface area contributed by atoms with Gasteiger partial charge in [0.25, 0.3) is 0 Å². The number of benzene rings is 2. The zero-order valence-electron chi connectivity index (χ0n) is 17.2. The molecule has 1 fully saturated rings. The highest BCUT2D eigenvalue weighted by molar-refractivity contribution is 6.30. The van der Waals surface area contributed by atoms with Crippen molar-refractivity contribution in [2.45, 2.75) is 57.7 Å². The molecule has 2 aromatic carbocycles. The summed E-state index contributed by atoms with van der Waals surface area (Å²) < 4.78 is 0. The lowest BCUT2D eigenvalue weighted by Gasteiger charge is -2.33. The molecule has 2 amide bonds. The lowest BCUT2D eigenvalue weighted by molar-refractivity contribution is -0.140. The fraction of sp³-hybridized carbons (Fsp3) is 0.417. The Morgan fingerprint density at radius 3 is 2.27 bits per heavy atom. The lowest BCUT2D eigenvalue weighted by Crippen LogP contribution is -2.47. The number of alkyl halides is 1. The zero-order chi connectivity index (χ0) is 21.5. The summed E-state index contributed by atoms with van der Waals surface area (Å²) >= 11 is 12.0. The molecule has 0 aromatic heterocycles. The van der Waals surface area contributed by atoms with Crippen molar-refractivity contribution < 1.29 is 9.59 Å². The second kappa shape index (κ2) is 10.8. The minimum atomic E-state index is -0.741. The number of aryl methyl sites for hydroxylation is 1. The molecule has 3 rings (SSSR count). The average molecular weight is 447 g/mol. The number of nitrogens with zero attached hydrogens (tertiary/aromatic N) is 1. The smallest absolute Gasteiger partial charge is 0.247 e. The van der Waals surface area contributed by atoms with Gasteiger partial charge in [-0.05, 0) is 43.0 Å². The van der Waals surface area contributed by atoms with E-state index >= 15 is 0 Å². The van der Waals surface area contributed by atoms with Crippen LogP contribution in [0.3, 0.4) is 0 Å². The van der Waals surface area contributed by atoms with E-state index in [0.29, 0.717) is 5.02 Å². The third kappa shape index (κ3) is 5.99. The summed E-state index contributed by atoms with van der Waals surface area (Å²) in [4.78, 5) is 27.9. The second-order valence-corrected chi connectivity index (χ2v) is 8.64. The molecule has 4 nitrogen and oxygen atoms in total. The number of hydrogen-bond acceptors (Lipinski definition) is 2. The maximum absolute atomic E-state index is 13.4. The molecule has 0 bridgehead atoms. The minimum Gasteiger partial charge on any atom is -0.351 e. The van der Waals surface area contributed by atoms with Gasteiger partial charge in [-0.25, -0.2) is 0 Å². The van der Waals surface area contributed by atoms with Crippen LogP contribution in [0.4, 0.5) is 0 Å². The van der Waals surface area contributed by atoms with E-state index in [2.05, 4.69) is 5.32 Å². The van der Waals surface area contributed by atoms with Crippen LogP contribution in [-0.4, -0.2) is 28.6 Å². The molecule has 1 aliphatic carbocycles. The van der Waals surface area contributed by atoms with Gasteiger partial charge in [-0.15, -0.1) is 11.6 Å². The molecule has 1 saturated carbocycles. The summed E-state index contributed by atoms with van der Waals surface area (Å²) in [6.45, 7) is 2.27. The molecule has 0 radical (unpaired) electrons. The molecule has 0 saturated heterocycles. The van der Waals surface area contributed by atoms with Crippen LogP contribution in [0.2, 0.25) is 5.02 Å². The van der Waals surface area contributed by atoms with Gasteiger partial charge >= 0.3 is 0 Å². The summed E-state index contributed by atoms with van der Waals surface area (Å²) in [7, 11) is 0.